The molecule has 1 aliphatic heterocycles. The fraction of sp³-hybridized carbons (Fsp3) is 0.222. The average Bonchev–Trinajstić information content (AvgIpc) is 3.25. The quantitative estimate of drug-likeness (QED) is 0.662. The molecule has 0 aromatic carbocycles. The molecule has 1 amide bonds. The van der Waals surface area contributed by atoms with Gasteiger partial charge < -0.3 is 15.1 Å². The fourth-order valence-electron chi connectivity index (χ4n) is 3.33. The summed E-state index contributed by atoms with van der Waals surface area (Å²) in [5.41, 5.74) is 2.47. The summed E-state index contributed by atoms with van der Waals surface area (Å²) in [5, 5.41) is 18.5. The van der Waals surface area contributed by atoms with E-state index in [1.807, 2.05) is 48.0 Å². The van der Waals surface area contributed by atoms with Gasteiger partial charge in [-0.3, -0.25) is 4.79 Å². The first-order valence-corrected chi connectivity index (χ1v) is 8.78. The molecule has 0 radical (unpaired) electrons. The number of hydrogen-bond acceptors (Lipinski definition) is 4. The van der Waals surface area contributed by atoms with E-state index in [2.05, 4.69) is 21.1 Å². The first-order chi connectivity index (χ1) is 11.8. The van der Waals surface area contributed by atoms with Crippen molar-refractivity contribution in [3.8, 4) is 5.00 Å². The summed E-state index contributed by atoms with van der Waals surface area (Å²) in [6.07, 6.45) is 11.2. The Kier molecular flexibility index (Phi) is 3.82. The molecule has 3 heterocycles. The van der Waals surface area contributed by atoms with Crippen LogP contribution in [-0.2, 0) is 0 Å². The first kappa shape index (κ1) is 15.0. The van der Waals surface area contributed by atoms with Gasteiger partial charge in [0.25, 0.3) is 5.91 Å². The van der Waals surface area contributed by atoms with Gasteiger partial charge in [-0.05, 0) is 42.5 Å². The van der Waals surface area contributed by atoms with Crippen LogP contribution in [0.3, 0.4) is 0 Å². The zero-order valence-electron chi connectivity index (χ0n) is 12.9. The van der Waals surface area contributed by atoms with Crippen molar-refractivity contribution in [1.82, 2.24) is 9.88 Å². The number of allylic oxidation sites excluding steroid dienone is 4. The molecule has 0 fully saturated rings. The fourth-order valence-corrected chi connectivity index (χ4v) is 4.23. The van der Waals surface area contributed by atoms with Gasteiger partial charge in [-0.1, -0.05) is 23.4 Å². The third kappa shape index (κ3) is 2.49. The summed E-state index contributed by atoms with van der Waals surface area (Å²) in [5.74, 6) is 0.0349. The summed E-state index contributed by atoms with van der Waals surface area (Å²) >= 11 is 1.57. The van der Waals surface area contributed by atoms with Gasteiger partial charge in [0, 0.05) is 17.8 Å². The van der Waals surface area contributed by atoms with Gasteiger partial charge in [-0.25, -0.2) is 0 Å². The highest BCUT2D eigenvalue weighted by atomic mass is 32.1. The molecule has 0 bridgehead atoms. The Bertz CT molecular complexity index is 859. The number of thiophene rings is 1. The average molecular weight is 339 g/mol. The highest BCUT2D eigenvalue weighted by molar-refractivity contribution is 7.13. The van der Waals surface area contributed by atoms with Crippen molar-refractivity contribution < 1.29 is 10.0 Å². The molecule has 0 saturated heterocycles. The van der Waals surface area contributed by atoms with Crippen molar-refractivity contribution in [2.24, 2.45) is 11.1 Å². The van der Waals surface area contributed by atoms with Crippen LogP contribution < -0.4 is 5.32 Å². The highest BCUT2D eigenvalue weighted by Gasteiger charge is 2.28. The number of hydrogen-bond donors (Lipinski definition) is 2. The number of amides is 1. The minimum absolute atomic E-state index is 0.0323. The van der Waals surface area contributed by atoms with Crippen LogP contribution in [0.15, 0.2) is 59.2 Å². The molecule has 122 valence electrons. The molecule has 6 heteroatoms. The third-order valence-corrected chi connectivity index (χ3v) is 5.45. The van der Waals surface area contributed by atoms with Crippen molar-refractivity contribution in [2.75, 3.05) is 0 Å². The Morgan fingerprint density at radius 1 is 1.29 bits per heavy atom. The van der Waals surface area contributed by atoms with E-state index in [1.165, 1.54) is 0 Å². The van der Waals surface area contributed by atoms with Gasteiger partial charge >= 0.3 is 0 Å². The molecule has 2 unspecified atom stereocenters. The van der Waals surface area contributed by atoms with E-state index in [0.29, 0.717) is 5.71 Å². The van der Waals surface area contributed by atoms with Gasteiger partial charge in [0.2, 0.25) is 0 Å². The monoisotopic (exact) mass is 339 g/mol. The smallest absolute Gasteiger partial charge is 0.254 e. The lowest BCUT2D eigenvalue weighted by Crippen LogP contribution is -2.28. The molecule has 2 atom stereocenters. The lowest BCUT2D eigenvalue weighted by atomic mass is 9.91. The molecule has 1 aliphatic carbocycles. The predicted octanol–water partition coefficient (Wildman–Crippen LogP) is 3.68. The maximum Gasteiger partial charge on any atom is 0.254 e. The normalized spacial score (nSPS) is 23.7. The Labute approximate surface area is 143 Å². The molecule has 0 spiro atoms. The summed E-state index contributed by atoms with van der Waals surface area (Å²) in [6, 6.07) is 5.86. The molecule has 2 aromatic rings. The molecular weight excluding hydrogens is 322 g/mol. The van der Waals surface area contributed by atoms with E-state index in [0.717, 1.165) is 29.1 Å². The highest BCUT2D eigenvalue weighted by Crippen LogP contribution is 2.33. The number of rotatable bonds is 3. The van der Waals surface area contributed by atoms with E-state index < -0.39 is 0 Å². The molecular formula is C18H17N3O2S. The SMILES string of the molecule is O=C1NC(CCC2C=CC=CC2=NO)c2cccn2-c2sccc21. The first-order valence-electron chi connectivity index (χ1n) is 7.90. The standard InChI is InChI=1S/C18H17N3O2S/c22-17-13-9-11-24-18(13)21-10-3-6-16(21)15(19-17)8-7-12-4-1-2-5-14(12)20-23/h1-6,9-12,15,23H,7-8H2,(H,19,22). The minimum Gasteiger partial charge on any atom is -0.411 e. The van der Waals surface area contributed by atoms with Crippen molar-refractivity contribution in [2.45, 2.75) is 18.9 Å². The number of oxime groups is 1. The van der Waals surface area contributed by atoms with E-state index >= 15 is 0 Å². The minimum atomic E-state index is -0.0636. The second-order valence-corrected chi connectivity index (χ2v) is 6.82. The Morgan fingerprint density at radius 3 is 3.08 bits per heavy atom. The predicted molar refractivity (Wildman–Crippen MR) is 94.1 cm³/mol. The number of aromatic nitrogens is 1. The largest absolute Gasteiger partial charge is 0.411 e. The number of carbonyl (C=O) groups is 1. The summed E-state index contributed by atoms with van der Waals surface area (Å²) in [7, 11) is 0. The van der Waals surface area contributed by atoms with Gasteiger partial charge in [-0.2, -0.15) is 0 Å². The van der Waals surface area contributed by atoms with Crippen LogP contribution in [0.4, 0.5) is 0 Å². The molecule has 4 rings (SSSR count). The number of nitrogens with zero attached hydrogens (tertiary/aromatic N) is 2. The van der Waals surface area contributed by atoms with Crippen LogP contribution in [0, 0.1) is 5.92 Å². The van der Waals surface area contributed by atoms with Crippen molar-refractivity contribution >= 4 is 23.0 Å². The summed E-state index contributed by atoms with van der Waals surface area (Å²) < 4.78 is 2.10. The van der Waals surface area contributed by atoms with Gasteiger partial charge in [0.1, 0.15) is 5.00 Å². The van der Waals surface area contributed by atoms with Crippen LogP contribution in [0.1, 0.15) is 34.9 Å². The summed E-state index contributed by atoms with van der Waals surface area (Å²) in [6.45, 7) is 0. The molecule has 5 nitrogen and oxygen atoms in total. The molecule has 2 aromatic heterocycles. The third-order valence-electron chi connectivity index (χ3n) is 4.53. The maximum atomic E-state index is 12.5. The number of carbonyl (C=O) groups excluding carboxylic acids is 1. The van der Waals surface area contributed by atoms with E-state index in [-0.39, 0.29) is 17.9 Å². The van der Waals surface area contributed by atoms with Crippen LogP contribution >= 0.6 is 11.3 Å². The Balaban J connectivity index is 1.59. The van der Waals surface area contributed by atoms with Gasteiger partial charge in [-0.15, -0.1) is 11.3 Å². The van der Waals surface area contributed by atoms with Crippen LogP contribution in [0.25, 0.3) is 5.00 Å². The van der Waals surface area contributed by atoms with Gasteiger partial charge in [0.05, 0.1) is 17.3 Å². The summed E-state index contributed by atoms with van der Waals surface area (Å²) in [4.78, 5) is 12.5. The van der Waals surface area contributed by atoms with Crippen molar-refractivity contribution in [3.05, 3.63) is 65.3 Å². The Morgan fingerprint density at radius 2 is 2.21 bits per heavy atom. The van der Waals surface area contributed by atoms with Gasteiger partial charge in [0.15, 0.2) is 0 Å². The zero-order chi connectivity index (χ0) is 16.5. The molecule has 24 heavy (non-hydrogen) atoms. The topological polar surface area (TPSA) is 66.6 Å². The zero-order valence-corrected chi connectivity index (χ0v) is 13.7. The lowest BCUT2D eigenvalue weighted by Gasteiger charge is -2.20. The van der Waals surface area contributed by atoms with Crippen LogP contribution in [0.5, 0.6) is 0 Å². The Hall–Kier alpha value is -2.60. The second-order valence-electron chi connectivity index (χ2n) is 5.92. The van der Waals surface area contributed by atoms with Crippen LogP contribution in [-0.4, -0.2) is 21.4 Å². The number of nitrogens with one attached hydrogen (secondary N) is 1. The maximum absolute atomic E-state index is 12.5. The molecule has 2 N–H and O–H groups in total. The molecule has 0 saturated carbocycles. The van der Waals surface area contributed by atoms with Crippen molar-refractivity contribution in [3.63, 3.8) is 0 Å². The second kappa shape index (κ2) is 6.13. The van der Waals surface area contributed by atoms with E-state index in [1.54, 1.807) is 11.3 Å². The number of fused-ring (bicyclic) bond motifs is 3. The van der Waals surface area contributed by atoms with E-state index in [9.17, 15) is 4.79 Å². The molecule has 2 aliphatic rings. The lowest BCUT2D eigenvalue weighted by molar-refractivity contribution is 0.0936. The van der Waals surface area contributed by atoms with Crippen LogP contribution in [0.2, 0.25) is 0 Å². The van der Waals surface area contributed by atoms with E-state index in [4.69, 9.17) is 5.21 Å². The van der Waals surface area contributed by atoms with Crippen molar-refractivity contribution in [1.29, 1.82) is 0 Å².